The molecule has 166 valence electrons. The molecule has 0 spiro atoms. The maximum absolute atomic E-state index is 13.1. The number of amides is 1. The van der Waals surface area contributed by atoms with E-state index in [9.17, 15) is 26.0 Å². The van der Waals surface area contributed by atoms with E-state index in [1.54, 1.807) is 19.1 Å². The Kier molecular flexibility index (Phi) is 5.52. The Bertz CT molecular complexity index is 1190. The summed E-state index contributed by atoms with van der Waals surface area (Å²) in [5.41, 5.74) is 0.961. The van der Waals surface area contributed by atoms with Crippen molar-refractivity contribution in [2.45, 2.75) is 11.8 Å². The van der Waals surface area contributed by atoms with Gasteiger partial charge in [-0.1, -0.05) is 6.92 Å². The number of carbonyl (C=O) groups is 1. The van der Waals surface area contributed by atoms with Crippen molar-refractivity contribution in [1.82, 2.24) is 4.31 Å². The van der Waals surface area contributed by atoms with Gasteiger partial charge in [-0.05, 0) is 48.5 Å². The first-order valence-electron chi connectivity index (χ1n) is 9.77. The van der Waals surface area contributed by atoms with Crippen molar-refractivity contribution in [3.8, 4) is 0 Å². The summed E-state index contributed by atoms with van der Waals surface area (Å²) in [6.45, 7) is 2.99. The van der Waals surface area contributed by atoms with Gasteiger partial charge in [-0.15, -0.1) is 0 Å². The molecule has 0 N–H and O–H groups in total. The number of benzene rings is 2. The third-order valence-corrected chi connectivity index (χ3v) is 9.28. The zero-order chi connectivity index (χ0) is 22.4. The fourth-order valence-electron chi connectivity index (χ4n) is 3.83. The van der Waals surface area contributed by atoms with Crippen LogP contribution in [-0.4, -0.2) is 59.0 Å². The number of rotatable bonds is 4. The molecule has 1 atom stereocenters. The molecular formula is C20H22FN3O5S2. The number of piperazine rings is 1. The summed E-state index contributed by atoms with van der Waals surface area (Å²) in [4.78, 5) is 14.2. The van der Waals surface area contributed by atoms with Gasteiger partial charge in [-0.3, -0.25) is 4.79 Å². The molecule has 8 nitrogen and oxygen atoms in total. The molecule has 0 aromatic heterocycles. The Labute approximate surface area is 181 Å². The van der Waals surface area contributed by atoms with Crippen molar-refractivity contribution in [3.05, 3.63) is 54.3 Å². The maximum atomic E-state index is 13.1. The van der Waals surface area contributed by atoms with Gasteiger partial charge in [-0.2, -0.15) is 4.31 Å². The summed E-state index contributed by atoms with van der Waals surface area (Å²) in [6.07, 6.45) is 0. The fraction of sp³-hybridized carbons (Fsp3) is 0.350. The second-order valence-corrected chi connectivity index (χ2v) is 11.4. The van der Waals surface area contributed by atoms with Crippen LogP contribution >= 0.6 is 0 Å². The van der Waals surface area contributed by atoms with E-state index in [0.29, 0.717) is 13.1 Å². The number of carbonyl (C=O) groups excluding carboxylic acids is 1. The van der Waals surface area contributed by atoms with Gasteiger partial charge in [0.15, 0.2) is 0 Å². The van der Waals surface area contributed by atoms with Crippen LogP contribution in [0.25, 0.3) is 0 Å². The Hall–Kier alpha value is -2.50. The standard InChI is InChI=1S/C20H22FN3O5S2/c1-15-14-30(26,27)24(20(15)25)18-6-8-19(9-7-18)31(28,29)23-12-10-22(11-13-23)17-4-2-16(21)3-5-17/h2-9,15H,10-14H2,1H3/t15-/m1/s1. The molecule has 1 amide bonds. The SMILES string of the molecule is C[C@@H]1CS(=O)(=O)N(c2ccc(S(=O)(=O)N3CCN(c4ccc(F)cc4)CC3)cc2)C1=O. The van der Waals surface area contributed by atoms with Crippen LogP contribution in [0, 0.1) is 11.7 Å². The van der Waals surface area contributed by atoms with Crippen LogP contribution in [-0.2, 0) is 24.8 Å². The first-order chi connectivity index (χ1) is 14.6. The molecule has 2 saturated heterocycles. The average Bonchev–Trinajstić information content (AvgIpc) is 2.95. The van der Waals surface area contributed by atoms with Crippen LogP contribution in [0.2, 0.25) is 0 Å². The summed E-state index contributed by atoms with van der Waals surface area (Å²) >= 11 is 0. The van der Waals surface area contributed by atoms with Crippen molar-refractivity contribution in [1.29, 1.82) is 0 Å². The summed E-state index contributed by atoms with van der Waals surface area (Å²) in [5, 5.41) is 0. The molecule has 2 heterocycles. The molecule has 0 radical (unpaired) electrons. The molecule has 2 fully saturated rings. The Morgan fingerprint density at radius 2 is 1.45 bits per heavy atom. The summed E-state index contributed by atoms with van der Waals surface area (Å²) in [5.74, 6) is -1.74. The lowest BCUT2D eigenvalue weighted by atomic mass is 10.2. The molecule has 0 aliphatic carbocycles. The highest BCUT2D eigenvalue weighted by Gasteiger charge is 2.42. The van der Waals surface area contributed by atoms with Crippen molar-refractivity contribution >= 4 is 37.3 Å². The van der Waals surface area contributed by atoms with E-state index in [2.05, 4.69) is 0 Å². The normalized spacial score (nSPS) is 22.1. The van der Waals surface area contributed by atoms with Crippen molar-refractivity contribution < 1.29 is 26.0 Å². The molecule has 2 aromatic carbocycles. The zero-order valence-electron chi connectivity index (χ0n) is 16.8. The molecule has 4 rings (SSSR count). The number of halogens is 1. The van der Waals surface area contributed by atoms with Crippen LogP contribution in [0.15, 0.2) is 53.4 Å². The second kappa shape index (κ2) is 7.88. The third kappa shape index (κ3) is 4.04. The van der Waals surface area contributed by atoms with E-state index in [1.165, 1.54) is 40.7 Å². The predicted molar refractivity (Wildman–Crippen MR) is 114 cm³/mol. The first kappa shape index (κ1) is 21.7. The summed E-state index contributed by atoms with van der Waals surface area (Å²) in [7, 11) is -7.52. The Balaban J connectivity index is 1.48. The lowest BCUT2D eigenvalue weighted by Crippen LogP contribution is -2.48. The number of sulfonamides is 2. The van der Waals surface area contributed by atoms with Crippen LogP contribution < -0.4 is 9.21 Å². The van der Waals surface area contributed by atoms with E-state index in [4.69, 9.17) is 0 Å². The minimum absolute atomic E-state index is 0.0311. The highest BCUT2D eigenvalue weighted by Crippen LogP contribution is 2.30. The van der Waals surface area contributed by atoms with Crippen LogP contribution in [0.4, 0.5) is 15.8 Å². The Morgan fingerprint density at radius 3 is 1.97 bits per heavy atom. The van der Waals surface area contributed by atoms with Gasteiger partial charge in [0, 0.05) is 31.9 Å². The third-order valence-electron chi connectivity index (χ3n) is 5.50. The van der Waals surface area contributed by atoms with Crippen molar-refractivity contribution in [2.75, 3.05) is 41.1 Å². The topological polar surface area (TPSA) is 95.1 Å². The summed E-state index contributed by atoms with van der Waals surface area (Å²) < 4.78 is 65.7. The number of nitrogens with zero attached hydrogens (tertiary/aromatic N) is 3. The molecule has 2 aromatic rings. The highest BCUT2D eigenvalue weighted by molar-refractivity contribution is 7.94. The van der Waals surface area contributed by atoms with Crippen molar-refractivity contribution in [3.63, 3.8) is 0 Å². The van der Waals surface area contributed by atoms with E-state index >= 15 is 0 Å². The molecule has 31 heavy (non-hydrogen) atoms. The lowest BCUT2D eigenvalue weighted by molar-refractivity contribution is -0.119. The number of anilines is 2. The maximum Gasteiger partial charge on any atom is 0.244 e. The van der Waals surface area contributed by atoms with Gasteiger partial charge in [0.2, 0.25) is 26.0 Å². The van der Waals surface area contributed by atoms with Crippen LogP contribution in [0.3, 0.4) is 0 Å². The van der Waals surface area contributed by atoms with E-state index in [1.807, 2.05) is 4.90 Å². The smallest absolute Gasteiger partial charge is 0.244 e. The largest absolute Gasteiger partial charge is 0.369 e. The molecule has 0 unspecified atom stereocenters. The molecule has 0 saturated carbocycles. The van der Waals surface area contributed by atoms with E-state index < -0.39 is 31.9 Å². The van der Waals surface area contributed by atoms with Gasteiger partial charge in [-0.25, -0.2) is 25.5 Å². The molecular weight excluding hydrogens is 445 g/mol. The zero-order valence-corrected chi connectivity index (χ0v) is 18.4. The molecule has 2 aliphatic rings. The predicted octanol–water partition coefficient (Wildman–Crippen LogP) is 1.65. The van der Waals surface area contributed by atoms with Gasteiger partial charge in [0.1, 0.15) is 5.82 Å². The van der Waals surface area contributed by atoms with Crippen LogP contribution in [0.1, 0.15) is 6.92 Å². The molecule has 11 heteroatoms. The van der Waals surface area contributed by atoms with Gasteiger partial charge < -0.3 is 4.90 Å². The summed E-state index contributed by atoms with van der Waals surface area (Å²) in [6, 6.07) is 11.4. The van der Waals surface area contributed by atoms with Crippen LogP contribution in [0.5, 0.6) is 0 Å². The van der Waals surface area contributed by atoms with E-state index in [0.717, 1.165) is 9.99 Å². The van der Waals surface area contributed by atoms with Gasteiger partial charge in [0.05, 0.1) is 22.3 Å². The fourth-order valence-corrected chi connectivity index (χ4v) is 7.07. The minimum Gasteiger partial charge on any atom is -0.369 e. The molecule has 2 aliphatic heterocycles. The minimum atomic E-state index is -3.77. The monoisotopic (exact) mass is 467 g/mol. The molecule has 0 bridgehead atoms. The van der Waals surface area contributed by atoms with Gasteiger partial charge >= 0.3 is 0 Å². The average molecular weight is 468 g/mol. The number of hydrogen-bond acceptors (Lipinski definition) is 6. The van der Waals surface area contributed by atoms with Crippen molar-refractivity contribution in [2.24, 2.45) is 5.92 Å². The van der Waals surface area contributed by atoms with Gasteiger partial charge in [0.25, 0.3) is 0 Å². The highest BCUT2D eigenvalue weighted by atomic mass is 32.2. The lowest BCUT2D eigenvalue weighted by Gasteiger charge is -2.35. The quantitative estimate of drug-likeness (QED) is 0.679. The number of hydrogen-bond donors (Lipinski definition) is 0. The Morgan fingerprint density at radius 1 is 0.903 bits per heavy atom. The second-order valence-electron chi connectivity index (χ2n) is 7.64. The first-order valence-corrected chi connectivity index (χ1v) is 12.8. The van der Waals surface area contributed by atoms with E-state index in [-0.39, 0.29) is 35.2 Å².